The first-order valence-electron chi connectivity index (χ1n) is 5.67. The Balaban J connectivity index is 2.06. The van der Waals surface area contributed by atoms with E-state index >= 15 is 0 Å². The Morgan fingerprint density at radius 3 is 2.39 bits per heavy atom. The molecule has 0 spiro atoms. The molecule has 0 radical (unpaired) electrons. The monoisotopic (exact) mass is 272 g/mol. The second kappa shape index (κ2) is 5.66. The van der Waals surface area contributed by atoms with Gasteiger partial charge in [-0.15, -0.1) is 0 Å². The van der Waals surface area contributed by atoms with E-state index in [1.54, 1.807) is 24.3 Å². The molecule has 7 heteroatoms. The van der Waals surface area contributed by atoms with Crippen molar-refractivity contribution in [3.05, 3.63) is 29.8 Å². The Labute approximate surface area is 106 Å². The lowest BCUT2D eigenvalue weighted by molar-refractivity contribution is 0.0733. The zero-order chi connectivity index (χ0) is 13.0. The van der Waals surface area contributed by atoms with Crippen LogP contribution in [0, 0.1) is 0 Å². The van der Waals surface area contributed by atoms with Gasteiger partial charge in [-0.2, -0.15) is 12.7 Å². The first kappa shape index (κ1) is 13.3. The maximum absolute atomic E-state index is 12.0. The summed E-state index contributed by atoms with van der Waals surface area (Å²) in [4.78, 5) is 0. The van der Waals surface area contributed by atoms with Gasteiger partial charge in [0.1, 0.15) is 0 Å². The summed E-state index contributed by atoms with van der Waals surface area (Å²) in [6, 6.07) is 6.61. The fourth-order valence-electron chi connectivity index (χ4n) is 1.68. The number of benzene rings is 1. The third kappa shape index (κ3) is 3.20. The molecule has 0 aliphatic carbocycles. The Morgan fingerprint density at radius 2 is 1.83 bits per heavy atom. The molecule has 0 saturated carbocycles. The molecular formula is C11H16N2O4S. The fraction of sp³-hybridized carbons (Fsp3) is 0.455. The minimum atomic E-state index is -3.52. The highest BCUT2D eigenvalue weighted by Gasteiger charge is 2.23. The highest BCUT2D eigenvalue weighted by atomic mass is 32.2. The van der Waals surface area contributed by atoms with Crippen molar-refractivity contribution in [1.82, 2.24) is 4.31 Å². The lowest BCUT2D eigenvalue weighted by Gasteiger charge is -2.26. The van der Waals surface area contributed by atoms with E-state index in [0.717, 1.165) is 5.56 Å². The Morgan fingerprint density at radius 1 is 1.22 bits per heavy atom. The minimum absolute atomic E-state index is 0.0590. The molecule has 0 atom stereocenters. The van der Waals surface area contributed by atoms with Crippen LogP contribution in [0.4, 0.5) is 5.69 Å². The van der Waals surface area contributed by atoms with Gasteiger partial charge in [0.15, 0.2) is 0 Å². The number of hydrogen-bond donors (Lipinski definition) is 2. The lowest BCUT2D eigenvalue weighted by Crippen LogP contribution is -2.43. The van der Waals surface area contributed by atoms with E-state index in [9.17, 15) is 8.42 Å². The molecule has 0 amide bonds. The van der Waals surface area contributed by atoms with Crippen LogP contribution in [0.2, 0.25) is 0 Å². The van der Waals surface area contributed by atoms with Crippen LogP contribution in [0.15, 0.2) is 24.3 Å². The molecule has 18 heavy (non-hydrogen) atoms. The van der Waals surface area contributed by atoms with E-state index < -0.39 is 10.2 Å². The maximum Gasteiger partial charge on any atom is 0.301 e. The first-order valence-corrected chi connectivity index (χ1v) is 7.11. The molecule has 2 N–H and O–H groups in total. The topological polar surface area (TPSA) is 78.9 Å². The predicted octanol–water partition coefficient (Wildman–Crippen LogP) is 0.168. The van der Waals surface area contributed by atoms with Crippen LogP contribution >= 0.6 is 0 Å². The van der Waals surface area contributed by atoms with Crippen molar-refractivity contribution in [2.45, 2.75) is 6.61 Å². The van der Waals surface area contributed by atoms with Crippen molar-refractivity contribution < 1.29 is 18.3 Å². The molecule has 6 nitrogen and oxygen atoms in total. The Hall–Kier alpha value is -1.15. The molecule has 0 unspecified atom stereocenters. The molecule has 1 heterocycles. The molecule has 0 bridgehead atoms. The van der Waals surface area contributed by atoms with Crippen molar-refractivity contribution in [2.24, 2.45) is 0 Å². The van der Waals surface area contributed by atoms with Gasteiger partial charge in [-0.05, 0) is 17.7 Å². The average Bonchev–Trinajstić information content (AvgIpc) is 2.40. The van der Waals surface area contributed by atoms with E-state index in [0.29, 0.717) is 32.0 Å². The molecule has 1 fully saturated rings. The zero-order valence-electron chi connectivity index (χ0n) is 9.87. The Bertz CT molecular complexity index is 480. The SMILES string of the molecule is O=S(=O)(Nc1ccc(CO)cc1)N1CCOCC1. The quantitative estimate of drug-likeness (QED) is 0.819. The molecular weight excluding hydrogens is 256 g/mol. The first-order chi connectivity index (χ1) is 8.62. The molecule has 2 rings (SSSR count). The van der Waals surface area contributed by atoms with Crippen LogP contribution < -0.4 is 4.72 Å². The number of nitrogens with zero attached hydrogens (tertiary/aromatic N) is 1. The highest BCUT2D eigenvalue weighted by Crippen LogP contribution is 2.14. The van der Waals surface area contributed by atoms with Gasteiger partial charge in [0, 0.05) is 18.8 Å². The molecule has 0 aromatic heterocycles. The normalized spacial score (nSPS) is 17.6. The van der Waals surface area contributed by atoms with Gasteiger partial charge in [-0.25, -0.2) is 0 Å². The standard InChI is InChI=1S/C11H16N2O4S/c14-9-10-1-3-11(4-2-10)12-18(15,16)13-5-7-17-8-6-13/h1-4,12,14H,5-9H2. The van der Waals surface area contributed by atoms with E-state index in [4.69, 9.17) is 9.84 Å². The molecule has 1 saturated heterocycles. The van der Waals surface area contributed by atoms with Gasteiger partial charge in [-0.3, -0.25) is 4.72 Å². The number of rotatable bonds is 4. The predicted molar refractivity (Wildman–Crippen MR) is 67.3 cm³/mol. The zero-order valence-corrected chi connectivity index (χ0v) is 10.7. The number of hydrogen-bond acceptors (Lipinski definition) is 4. The number of nitrogens with one attached hydrogen (secondary N) is 1. The Kier molecular flexibility index (Phi) is 4.18. The van der Waals surface area contributed by atoms with Gasteiger partial charge in [0.2, 0.25) is 0 Å². The lowest BCUT2D eigenvalue weighted by atomic mass is 10.2. The van der Waals surface area contributed by atoms with Crippen molar-refractivity contribution in [3.63, 3.8) is 0 Å². The number of aliphatic hydroxyl groups is 1. The van der Waals surface area contributed by atoms with Gasteiger partial charge >= 0.3 is 10.2 Å². The van der Waals surface area contributed by atoms with Gasteiger partial charge in [-0.1, -0.05) is 12.1 Å². The summed E-state index contributed by atoms with van der Waals surface area (Å²) in [7, 11) is -3.52. The third-order valence-corrected chi connectivity index (χ3v) is 4.23. The van der Waals surface area contributed by atoms with Gasteiger partial charge in [0.25, 0.3) is 0 Å². The largest absolute Gasteiger partial charge is 0.392 e. The summed E-state index contributed by atoms with van der Waals surface area (Å²) in [5.41, 5.74) is 1.23. The second-order valence-electron chi connectivity index (χ2n) is 3.97. The summed E-state index contributed by atoms with van der Waals surface area (Å²) in [5, 5.41) is 8.90. The van der Waals surface area contributed by atoms with Gasteiger partial charge < -0.3 is 9.84 Å². The summed E-state index contributed by atoms with van der Waals surface area (Å²) >= 11 is 0. The molecule has 1 aromatic rings. The van der Waals surface area contributed by atoms with E-state index in [-0.39, 0.29) is 6.61 Å². The number of aliphatic hydroxyl groups excluding tert-OH is 1. The van der Waals surface area contributed by atoms with Crippen LogP contribution in [0.5, 0.6) is 0 Å². The molecule has 1 aromatic carbocycles. The number of morpholine rings is 1. The van der Waals surface area contributed by atoms with Crippen LogP contribution in [0.25, 0.3) is 0 Å². The highest BCUT2D eigenvalue weighted by molar-refractivity contribution is 7.90. The summed E-state index contributed by atoms with van der Waals surface area (Å²) in [5.74, 6) is 0. The molecule has 1 aliphatic heterocycles. The maximum atomic E-state index is 12.0. The summed E-state index contributed by atoms with van der Waals surface area (Å²) in [6.07, 6.45) is 0. The van der Waals surface area contributed by atoms with Crippen molar-refractivity contribution >= 4 is 15.9 Å². The number of anilines is 1. The van der Waals surface area contributed by atoms with E-state index in [2.05, 4.69) is 4.72 Å². The van der Waals surface area contributed by atoms with Crippen molar-refractivity contribution in [3.8, 4) is 0 Å². The van der Waals surface area contributed by atoms with Crippen LogP contribution in [0.3, 0.4) is 0 Å². The van der Waals surface area contributed by atoms with E-state index in [1.807, 2.05) is 0 Å². The summed E-state index contributed by atoms with van der Waals surface area (Å²) in [6.45, 7) is 1.51. The molecule has 1 aliphatic rings. The number of ether oxygens (including phenoxy) is 1. The van der Waals surface area contributed by atoms with Crippen molar-refractivity contribution in [1.29, 1.82) is 0 Å². The van der Waals surface area contributed by atoms with Crippen LogP contribution in [-0.4, -0.2) is 44.1 Å². The van der Waals surface area contributed by atoms with Crippen LogP contribution in [0.1, 0.15) is 5.56 Å². The molecule has 100 valence electrons. The second-order valence-corrected chi connectivity index (χ2v) is 5.64. The van der Waals surface area contributed by atoms with Crippen molar-refractivity contribution in [2.75, 3.05) is 31.0 Å². The third-order valence-electron chi connectivity index (χ3n) is 2.69. The fourth-order valence-corrected chi connectivity index (χ4v) is 2.87. The van der Waals surface area contributed by atoms with E-state index in [1.165, 1.54) is 4.31 Å². The average molecular weight is 272 g/mol. The van der Waals surface area contributed by atoms with Gasteiger partial charge in [0.05, 0.1) is 19.8 Å². The minimum Gasteiger partial charge on any atom is -0.392 e. The summed E-state index contributed by atoms with van der Waals surface area (Å²) < 4.78 is 33.0. The smallest absolute Gasteiger partial charge is 0.301 e. The van der Waals surface area contributed by atoms with Crippen LogP contribution in [-0.2, 0) is 21.6 Å².